The van der Waals surface area contributed by atoms with Gasteiger partial charge in [-0.1, -0.05) is 23.8 Å². The number of rotatable bonds is 7. The lowest BCUT2D eigenvalue weighted by Gasteiger charge is -2.29. The lowest BCUT2D eigenvalue weighted by atomic mass is 10.0. The monoisotopic (exact) mass is 447 g/mol. The third-order valence-corrected chi connectivity index (χ3v) is 6.14. The van der Waals surface area contributed by atoms with E-state index in [1.807, 2.05) is 49.4 Å². The van der Waals surface area contributed by atoms with Gasteiger partial charge >= 0.3 is 0 Å². The summed E-state index contributed by atoms with van der Waals surface area (Å²) in [4.78, 5) is 19.4. The maximum Gasteiger partial charge on any atom is 0.226 e. The van der Waals surface area contributed by atoms with Gasteiger partial charge < -0.3 is 20.1 Å². The highest BCUT2D eigenvalue weighted by Crippen LogP contribution is 2.39. The van der Waals surface area contributed by atoms with Crippen molar-refractivity contribution < 1.29 is 4.79 Å². The van der Waals surface area contributed by atoms with Gasteiger partial charge in [-0.05, 0) is 69.4 Å². The van der Waals surface area contributed by atoms with Crippen LogP contribution in [0.5, 0.6) is 0 Å². The molecule has 2 aromatic heterocycles. The van der Waals surface area contributed by atoms with Gasteiger partial charge in [-0.25, -0.2) is 0 Å². The Bertz CT molecular complexity index is 1080. The number of nitrogens with zero attached hydrogens (tertiary/aromatic N) is 3. The number of aromatic nitrogens is 2. The predicted molar refractivity (Wildman–Crippen MR) is 131 cm³/mol. The average Bonchev–Trinajstić information content (AvgIpc) is 3.39. The van der Waals surface area contributed by atoms with E-state index in [2.05, 4.69) is 57.3 Å². The van der Waals surface area contributed by atoms with Gasteiger partial charge in [0.05, 0.1) is 17.8 Å². The molecule has 6 nitrogen and oxygen atoms in total. The highest BCUT2D eigenvalue weighted by molar-refractivity contribution is 7.80. The topological polar surface area (TPSA) is 62.2 Å². The molecule has 0 spiro atoms. The zero-order valence-corrected chi connectivity index (χ0v) is 19.5. The lowest BCUT2D eigenvalue weighted by Crippen LogP contribution is -2.33. The third-order valence-electron chi connectivity index (χ3n) is 5.78. The molecule has 166 valence electrons. The first kappa shape index (κ1) is 22.0. The normalized spacial score (nSPS) is 18.1. The second-order valence-electron chi connectivity index (χ2n) is 8.42. The first-order valence-corrected chi connectivity index (χ1v) is 11.4. The second-order valence-corrected chi connectivity index (χ2v) is 8.80. The molecule has 0 unspecified atom stereocenters. The van der Waals surface area contributed by atoms with E-state index in [0.29, 0.717) is 24.1 Å². The number of thiocarbonyl (C=S) groups is 1. The van der Waals surface area contributed by atoms with Crippen LogP contribution in [0.3, 0.4) is 0 Å². The number of aryl methyl sites for hydroxylation is 1. The Labute approximate surface area is 194 Å². The minimum atomic E-state index is -0.0868. The second kappa shape index (κ2) is 9.53. The number of hydrogen-bond donors (Lipinski definition) is 2. The van der Waals surface area contributed by atoms with Crippen LogP contribution in [0.15, 0.2) is 67.0 Å². The number of hydrogen-bond acceptors (Lipinski definition) is 3. The average molecular weight is 448 g/mol. The summed E-state index contributed by atoms with van der Waals surface area (Å²) < 4.78 is 2.26. The van der Waals surface area contributed by atoms with E-state index < -0.39 is 0 Å². The van der Waals surface area contributed by atoms with Crippen LogP contribution in [0.2, 0.25) is 0 Å². The molecule has 3 heterocycles. The summed E-state index contributed by atoms with van der Waals surface area (Å²) in [6, 6.07) is 18.1. The largest absolute Gasteiger partial charge is 0.352 e. The molecular formula is C25H29N5OS. The summed E-state index contributed by atoms with van der Waals surface area (Å²) in [6.45, 7) is 6.87. The maximum atomic E-state index is 12.7. The number of benzene rings is 1. The fourth-order valence-electron chi connectivity index (χ4n) is 4.18. The minimum Gasteiger partial charge on any atom is -0.352 e. The summed E-state index contributed by atoms with van der Waals surface area (Å²) in [6.07, 6.45) is 4.24. The fraction of sp³-hybridized carbons (Fsp3) is 0.320. The first-order chi connectivity index (χ1) is 15.4. The Morgan fingerprint density at radius 1 is 1.16 bits per heavy atom. The summed E-state index contributed by atoms with van der Waals surface area (Å²) in [5.41, 5.74) is 4.05. The van der Waals surface area contributed by atoms with E-state index >= 15 is 0 Å². The van der Waals surface area contributed by atoms with Crippen molar-refractivity contribution in [3.05, 3.63) is 83.9 Å². The van der Waals surface area contributed by atoms with Crippen molar-refractivity contribution in [2.24, 2.45) is 0 Å². The molecule has 0 radical (unpaired) electrons. The molecular weight excluding hydrogens is 418 g/mol. The summed E-state index contributed by atoms with van der Waals surface area (Å²) >= 11 is 5.72. The molecule has 2 N–H and O–H groups in total. The molecule has 0 bridgehead atoms. The Kier molecular flexibility index (Phi) is 6.55. The Balaban J connectivity index is 1.56. The predicted octanol–water partition coefficient (Wildman–Crippen LogP) is 4.77. The smallest absolute Gasteiger partial charge is 0.226 e. The zero-order valence-electron chi connectivity index (χ0n) is 18.7. The Morgan fingerprint density at radius 3 is 2.62 bits per heavy atom. The molecule has 4 rings (SSSR count). The van der Waals surface area contributed by atoms with Gasteiger partial charge in [0.2, 0.25) is 5.91 Å². The van der Waals surface area contributed by atoms with Crippen molar-refractivity contribution in [1.29, 1.82) is 0 Å². The quantitative estimate of drug-likeness (QED) is 0.511. The molecule has 32 heavy (non-hydrogen) atoms. The van der Waals surface area contributed by atoms with Crippen LogP contribution in [0.1, 0.15) is 55.3 Å². The van der Waals surface area contributed by atoms with Gasteiger partial charge in [-0.15, -0.1) is 0 Å². The SMILES string of the molecule is Cc1ccc(NC(=O)CCN2C(=S)N[C@H](c3ccccn3)[C@@H]2c2cccn2C(C)C)cc1. The van der Waals surface area contributed by atoms with Crippen molar-refractivity contribution in [2.45, 2.75) is 45.3 Å². The molecule has 2 atom stereocenters. The van der Waals surface area contributed by atoms with E-state index in [1.165, 1.54) is 0 Å². The van der Waals surface area contributed by atoms with Crippen molar-refractivity contribution in [3.63, 3.8) is 0 Å². The molecule has 1 aliphatic rings. The van der Waals surface area contributed by atoms with Gasteiger partial charge in [0.25, 0.3) is 0 Å². The van der Waals surface area contributed by atoms with Crippen LogP contribution in [-0.2, 0) is 4.79 Å². The Morgan fingerprint density at radius 2 is 1.94 bits per heavy atom. The minimum absolute atomic E-state index is 0.0315. The van der Waals surface area contributed by atoms with E-state index in [4.69, 9.17) is 12.2 Å². The summed E-state index contributed by atoms with van der Waals surface area (Å²) in [7, 11) is 0. The molecule has 3 aromatic rings. The van der Waals surface area contributed by atoms with Gasteiger partial charge in [-0.2, -0.15) is 0 Å². The number of amides is 1. The summed E-state index contributed by atoms with van der Waals surface area (Å²) in [5, 5.41) is 7.08. The molecule has 1 saturated heterocycles. The lowest BCUT2D eigenvalue weighted by molar-refractivity contribution is -0.116. The van der Waals surface area contributed by atoms with Gasteiger partial charge in [0.15, 0.2) is 5.11 Å². The van der Waals surface area contributed by atoms with Crippen molar-refractivity contribution in [2.75, 3.05) is 11.9 Å². The zero-order chi connectivity index (χ0) is 22.7. The van der Waals surface area contributed by atoms with Crippen molar-refractivity contribution in [3.8, 4) is 0 Å². The van der Waals surface area contributed by atoms with E-state index in [9.17, 15) is 4.79 Å². The van der Waals surface area contributed by atoms with Gasteiger partial charge in [0.1, 0.15) is 0 Å². The van der Waals surface area contributed by atoms with Gasteiger partial charge in [0, 0.05) is 42.8 Å². The molecule has 0 saturated carbocycles. The molecule has 7 heteroatoms. The van der Waals surface area contributed by atoms with Crippen LogP contribution in [-0.4, -0.2) is 32.0 Å². The van der Waals surface area contributed by atoms with E-state index in [1.54, 1.807) is 6.20 Å². The molecule has 0 aliphatic carbocycles. The standard InChI is InChI=1S/C25H29N5OS/c1-17(2)29-15-6-8-21(29)24-23(20-7-4-5-14-26-20)28-25(32)30(24)16-13-22(31)27-19-11-9-18(3)10-12-19/h4-12,14-15,17,23-24H,13,16H2,1-3H3,(H,27,31)(H,28,32)/t23-,24+/m1/s1. The number of nitrogens with one attached hydrogen (secondary N) is 2. The van der Waals surface area contributed by atoms with Crippen LogP contribution in [0.25, 0.3) is 0 Å². The van der Waals surface area contributed by atoms with Crippen LogP contribution < -0.4 is 10.6 Å². The first-order valence-electron chi connectivity index (χ1n) is 11.0. The fourth-order valence-corrected chi connectivity index (χ4v) is 4.51. The van der Waals surface area contributed by atoms with Crippen LogP contribution in [0.4, 0.5) is 5.69 Å². The van der Waals surface area contributed by atoms with E-state index in [0.717, 1.165) is 22.6 Å². The third kappa shape index (κ3) is 4.67. The highest BCUT2D eigenvalue weighted by Gasteiger charge is 2.41. The molecule has 1 aromatic carbocycles. The molecule has 1 fully saturated rings. The number of anilines is 1. The molecule has 1 aliphatic heterocycles. The summed E-state index contributed by atoms with van der Waals surface area (Å²) in [5.74, 6) is -0.0315. The number of pyridine rings is 1. The van der Waals surface area contributed by atoms with Crippen molar-refractivity contribution in [1.82, 2.24) is 19.8 Å². The molecule has 1 amide bonds. The Hall–Kier alpha value is -3.19. The van der Waals surface area contributed by atoms with Crippen LogP contribution >= 0.6 is 12.2 Å². The maximum absolute atomic E-state index is 12.7. The van der Waals surface area contributed by atoms with E-state index in [-0.39, 0.29) is 18.0 Å². The van der Waals surface area contributed by atoms with Gasteiger partial charge in [-0.3, -0.25) is 9.78 Å². The van der Waals surface area contributed by atoms with Crippen LogP contribution in [0, 0.1) is 6.92 Å². The number of carbonyl (C=O) groups excluding carboxylic acids is 1. The number of carbonyl (C=O) groups is 1. The van der Waals surface area contributed by atoms with Crippen molar-refractivity contribution >= 4 is 28.9 Å². The highest BCUT2D eigenvalue weighted by atomic mass is 32.1.